The van der Waals surface area contributed by atoms with E-state index in [0.29, 0.717) is 17.7 Å². The Balaban J connectivity index is 1.57. The van der Waals surface area contributed by atoms with Crippen LogP contribution in [0.25, 0.3) is 22.0 Å². The quantitative estimate of drug-likeness (QED) is 0.315. The van der Waals surface area contributed by atoms with Crippen LogP contribution in [-0.2, 0) is 23.1 Å². The van der Waals surface area contributed by atoms with Gasteiger partial charge in [0.05, 0.1) is 16.8 Å². The van der Waals surface area contributed by atoms with Gasteiger partial charge in [-0.1, -0.05) is 61.5 Å². The molecule has 0 radical (unpaired) electrons. The Labute approximate surface area is 217 Å². The van der Waals surface area contributed by atoms with Crippen molar-refractivity contribution in [3.05, 3.63) is 95.2 Å². The summed E-state index contributed by atoms with van der Waals surface area (Å²) in [5, 5.41) is 4.43. The molecule has 0 fully saturated rings. The van der Waals surface area contributed by atoms with Crippen LogP contribution >= 0.6 is 0 Å². The predicted octanol–water partition coefficient (Wildman–Crippen LogP) is 4.76. The highest BCUT2D eigenvalue weighted by Crippen LogP contribution is 2.35. The first-order valence-electron chi connectivity index (χ1n) is 12.5. The van der Waals surface area contributed by atoms with Crippen LogP contribution < -0.4 is 14.8 Å². The topological polar surface area (TPSA) is 100 Å². The minimum atomic E-state index is -4.00. The summed E-state index contributed by atoms with van der Waals surface area (Å²) in [5.41, 5.74) is 6.56. The van der Waals surface area contributed by atoms with Crippen molar-refractivity contribution in [2.45, 2.75) is 39.2 Å². The molecule has 1 amide bonds. The third-order valence-electron chi connectivity index (χ3n) is 6.65. The summed E-state index contributed by atoms with van der Waals surface area (Å²) >= 11 is 0. The van der Waals surface area contributed by atoms with Crippen molar-refractivity contribution in [2.24, 2.45) is 0 Å². The SMILES string of the molecule is CCCNS(=O)(=O)NC(=O)c1c(C)nc2ccc(NC3Cc4ccccc4C3)cc2c1-c1ccccc1. The van der Waals surface area contributed by atoms with Gasteiger partial charge in [-0.3, -0.25) is 9.78 Å². The van der Waals surface area contributed by atoms with E-state index in [4.69, 9.17) is 0 Å². The number of amides is 1. The van der Waals surface area contributed by atoms with E-state index in [1.165, 1.54) is 11.1 Å². The van der Waals surface area contributed by atoms with Crippen molar-refractivity contribution in [3.8, 4) is 11.1 Å². The molecule has 0 saturated heterocycles. The van der Waals surface area contributed by atoms with Crippen molar-refractivity contribution < 1.29 is 13.2 Å². The number of hydrogen-bond donors (Lipinski definition) is 3. The number of carbonyl (C=O) groups is 1. The predicted molar refractivity (Wildman–Crippen MR) is 148 cm³/mol. The zero-order valence-corrected chi connectivity index (χ0v) is 21.7. The lowest BCUT2D eigenvalue weighted by Gasteiger charge is -2.18. The number of pyridine rings is 1. The van der Waals surface area contributed by atoms with E-state index in [-0.39, 0.29) is 18.2 Å². The maximum Gasteiger partial charge on any atom is 0.301 e. The summed E-state index contributed by atoms with van der Waals surface area (Å²) < 4.78 is 29.5. The van der Waals surface area contributed by atoms with E-state index >= 15 is 0 Å². The summed E-state index contributed by atoms with van der Waals surface area (Å²) in [6, 6.07) is 24.3. The van der Waals surface area contributed by atoms with Gasteiger partial charge in [0.1, 0.15) is 0 Å². The smallest absolute Gasteiger partial charge is 0.301 e. The van der Waals surface area contributed by atoms with Crippen molar-refractivity contribution in [1.29, 1.82) is 0 Å². The van der Waals surface area contributed by atoms with Gasteiger partial charge >= 0.3 is 10.2 Å². The highest BCUT2D eigenvalue weighted by Gasteiger charge is 2.25. The highest BCUT2D eigenvalue weighted by molar-refractivity contribution is 7.88. The standard InChI is InChI=1S/C29H30N4O3S/c1-3-15-30-37(35,36)33-29(34)27-19(2)31-26-14-13-23(18-25(26)28(27)20-9-5-4-6-10-20)32-24-16-21-11-7-8-12-22(21)17-24/h4-14,18,24,30,32H,3,15-17H2,1-2H3,(H,33,34). The van der Waals surface area contributed by atoms with Crippen molar-refractivity contribution in [2.75, 3.05) is 11.9 Å². The molecule has 3 N–H and O–H groups in total. The van der Waals surface area contributed by atoms with E-state index in [2.05, 4.69) is 44.0 Å². The van der Waals surface area contributed by atoms with E-state index in [9.17, 15) is 13.2 Å². The second-order valence-corrected chi connectivity index (χ2v) is 10.9. The Morgan fingerprint density at radius 3 is 2.32 bits per heavy atom. The number of aryl methyl sites for hydroxylation is 1. The number of nitrogens with zero attached hydrogens (tertiary/aromatic N) is 1. The van der Waals surface area contributed by atoms with E-state index in [0.717, 1.165) is 35.0 Å². The number of fused-ring (bicyclic) bond motifs is 2. The number of rotatable bonds is 8. The molecule has 0 saturated carbocycles. The molecule has 3 aromatic carbocycles. The van der Waals surface area contributed by atoms with Gasteiger partial charge in [-0.15, -0.1) is 0 Å². The molecule has 0 unspecified atom stereocenters. The molecule has 0 spiro atoms. The van der Waals surface area contributed by atoms with E-state index < -0.39 is 16.1 Å². The van der Waals surface area contributed by atoms with Crippen LogP contribution in [0.15, 0.2) is 72.8 Å². The van der Waals surface area contributed by atoms with Crippen LogP contribution in [-0.4, -0.2) is 31.9 Å². The first kappa shape index (κ1) is 24.9. The first-order valence-corrected chi connectivity index (χ1v) is 14.0. The number of aromatic nitrogens is 1. The van der Waals surface area contributed by atoms with Crippen LogP contribution in [0.4, 0.5) is 5.69 Å². The van der Waals surface area contributed by atoms with Gasteiger partial charge in [0.2, 0.25) is 0 Å². The van der Waals surface area contributed by atoms with E-state index in [1.807, 2.05) is 55.5 Å². The summed E-state index contributed by atoms with van der Waals surface area (Å²) in [5.74, 6) is -0.709. The lowest BCUT2D eigenvalue weighted by atomic mass is 9.93. The Bertz CT molecular complexity index is 1540. The number of anilines is 1. The fourth-order valence-electron chi connectivity index (χ4n) is 5.00. The summed E-state index contributed by atoms with van der Waals surface area (Å²) in [4.78, 5) is 18.1. The summed E-state index contributed by atoms with van der Waals surface area (Å²) in [7, 11) is -4.00. The average Bonchev–Trinajstić information content (AvgIpc) is 3.29. The largest absolute Gasteiger partial charge is 0.382 e. The molecule has 1 aliphatic rings. The molecular weight excluding hydrogens is 484 g/mol. The minimum absolute atomic E-state index is 0.239. The summed E-state index contributed by atoms with van der Waals surface area (Å²) in [6.45, 7) is 3.82. The lowest BCUT2D eigenvalue weighted by Crippen LogP contribution is -2.41. The number of carbonyl (C=O) groups excluding carboxylic acids is 1. The molecule has 0 atom stereocenters. The Morgan fingerprint density at radius 1 is 0.973 bits per heavy atom. The van der Waals surface area contributed by atoms with Gasteiger partial charge < -0.3 is 5.32 Å². The molecule has 4 aromatic rings. The van der Waals surface area contributed by atoms with Crippen molar-refractivity contribution in [1.82, 2.24) is 14.4 Å². The summed E-state index contributed by atoms with van der Waals surface area (Å²) in [6.07, 6.45) is 2.51. The van der Waals surface area contributed by atoms with Gasteiger partial charge in [-0.05, 0) is 61.1 Å². The molecule has 37 heavy (non-hydrogen) atoms. The van der Waals surface area contributed by atoms with Gasteiger partial charge in [0.25, 0.3) is 5.91 Å². The third-order valence-corrected chi connectivity index (χ3v) is 7.68. The zero-order valence-electron chi connectivity index (χ0n) is 20.9. The fraction of sp³-hybridized carbons (Fsp3) is 0.241. The van der Waals surface area contributed by atoms with Gasteiger partial charge in [-0.2, -0.15) is 13.1 Å². The average molecular weight is 515 g/mol. The van der Waals surface area contributed by atoms with Gasteiger partial charge in [0, 0.05) is 29.2 Å². The Morgan fingerprint density at radius 2 is 1.65 bits per heavy atom. The molecule has 5 rings (SSSR count). The van der Waals surface area contributed by atoms with Gasteiger partial charge in [0.15, 0.2) is 0 Å². The molecule has 1 heterocycles. The molecule has 0 aliphatic heterocycles. The minimum Gasteiger partial charge on any atom is -0.382 e. The number of benzene rings is 3. The van der Waals surface area contributed by atoms with Crippen LogP contribution in [0.3, 0.4) is 0 Å². The molecule has 1 aromatic heterocycles. The van der Waals surface area contributed by atoms with E-state index in [1.54, 1.807) is 6.92 Å². The molecule has 0 bridgehead atoms. The molecule has 7 nitrogen and oxygen atoms in total. The fourth-order valence-corrected chi connectivity index (χ4v) is 5.89. The monoisotopic (exact) mass is 514 g/mol. The van der Waals surface area contributed by atoms with Crippen LogP contribution in [0.1, 0.15) is 40.5 Å². The molecular formula is C29H30N4O3S. The maximum atomic E-state index is 13.4. The zero-order chi connectivity index (χ0) is 26.0. The second-order valence-electron chi connectivity index (χ2n) is 9.39. The Hall–Kier alpha value is -3.75. The maximum absolute atomic E-state index is 13.4. The molecule has 8 heteroatoms. The van der Waals surface area contributed by atoms with Crippen molar-refractivity contribution in [3.63, 3.8) is 0 Å². The highest BCUT2D eigenvalue weighted by atomic mass is 32.2. The van der Waals surface area contributed by atoms with Crippen LogP contribution in [0.2, 0.25) is 0 Å². The first-order chi connectivity index (χ1) is 17.8. The van der Waals surface area contributed by atoms with Crippen LogP contribution in [0.5, 0.6) is 0 Å². The normalized spacial score (nSPS) is 13.5. The molecule has 190 valence electrons. The number of nitrogens with one attached hydrogen (secondary N) is 3. The Kier molecular flexibility index (Phi) is 6.95. The van der Waals surface area contributed by atoms with Crippen LogP contribution in [0, 0.1) is 6.92 Å². The second kappa shape index (κ2) is 10.3. The van der Waals surface area contributed by atoms with Gasteiger partial charge in [-0.25, -0.2) is 4.72 Å². The lowest BCUT2D eigenvalue weighted by molar-refractivity contribution is 0.0981. The number of hydrogen-bond acceptors (Lipinski definition) is 5. The third kappa shape index (κ3) is 5.35. The molecule has 1 aliphatic carbocycles. The van der Waals surface area contributed by atoms with Crippen molar-refractivity contribution >= 4 is 32.7 Å².